The summed E-state index contributed by atoms with van der Waals surface area (Å²) in [5, 5.41) is 0. The van der Waals surface area contributed by atoms with Crippen molar-refractivity contribution in [2.24, 2.45) is 0 Å². The smallest absolute Gasteiger partial charge is 0.242 e. The Morgan fingerprint density at radius 2 is 2.16 bits per heavy atom. The third-order valence-corrected chi connectivity index (χ3v) is 5.94. The quantitative estimate of drug-likeness (QED) is 0.911. The van der Waals surface area contributed by atoms with Crippen LogP contribution in [0, 0.1) is 13.8 Å². The number of pyridine rings is 1. The monoisotopic (exact) mass is 360 g/mol. The number of thiophene rings is 1. The van der Waals surface area contributed by atoms with Crippen LogP contribution in [0.4, 0.5) is 0 Å². The third-order valence-electron chi connectivity index (χ3n) is 2.73. The topological polar surface area (TPSA) is 59.1 Å². The molecule has 102 valence electrons. The predicted molar refractivity (Wildman–Crippen MR) is 79.8 cm³/mol. The second-order valence-corrected chi connectivity index (χ2v) is 8.47. The summed E-state index contributed by atoms with van der Waals surface area (Å²) in [6.07, 6.45) is 3.36. The van der Waals surface area contributed by atoms with Crippen molar-refractivity contribution in [1.82, 2.24) is 9.71 Å². The van der Waals surface area contributed by atoms with Crippen LogP contribution in [-0.2, 0) is 16.6 Å². The zero-order chi connectivity index (χ0) is 14.0. The van der Waals surface area contributed by atoms with E-state index in [1.54, 1.807) is 25.4 Å². The second kappa shape index (κ2) is 5.70. The van der Waals surface area contributed by atoms with Gasteiger partial charge in [-0.25, -0.2) is 13.1 Å². The van der Waals surface area contributed by atoms with Crippen molar-refractivity contribution < 1.29 is 8.42 Å². The van der Waals surface area contributed by atoms with Gasteiger partial charge in [0.1, 0.15) is 0 Å². The van der Waals surface area contributed by atoms with Gasteiger partial charge in [0.05, 0.1) is 8.68 Å². The molecule has 0 saturated carbocycles. The van der Waals surface area contributed by atoms with Crippen LogP contribution in [-0.4, -0.2) is 13.4 Å². The van der Waals surface area contributed by atoms with Crippen molar-refractivity contribution in [1.29, 1.82) is 0 Å². The molecule has 0 spiro atoms. The first kappa shape index (κ1) is 14.6. The first-order valence-corrected chi connectivity index (χ1v) is 8.64. The Hall–Kier alpha value is -0.760. The summed E-state index contributed by atoms with van der Waals surface area (Å²) < 4.78 is 27.8. The lowest BCUT2D eigenvalue weighted by Gasteiger charge is -2.08. The van der Waals surface area contributed by atoms with E-state index in [0.29, 0.717) is 4.90 Å². The molecule has 0 saturated heterocycles. The molecule has 0 aliphatic heterocycles. The number of aromatic nitrogens is 1. The molecule has 0 aliphatic rings. The molecule has 2 aromatic rings. The molecule has 0 fully saturated rings. The number of nitrogens with zero attached hydrogens (tertiary/aromatic N) is 1. The first-order valence-electron chi connectivity index (χ1n) is 5.55. The molecule has 1 N–H and O–H groups in total. The van der Waals surface area contributed by atoms with Crippen molar-refractivity contribution in [3.63, 3.8) is 0 Å². The molecule has 0 bridgehead atoms. The number of aryl methyl sites for hydroxylation is 2. The highest BCUT2D eigenvalue weighted by atomic mass is 79.9. The maximum absolute atomic E-state index is 12.2. The number of hydrogen-bond donors (Lipinski definition) is 1. The van der Waals surface area contributed by atoms with E-state index in [9.17, 15) is 8.42 Å². The Bertz CT molecular complexity index is 696. The summed E-state index contributed by atoms with van der Waals surface area (Å²) >= 11 is 4.71. The van der Waals surface area contributed by atoms with Crippen LogP contribution < -0.4 is 4.72 Å². The van der Waals surface area contributed by atoms with E-state index in [1.807, 2.05) is 13.0 Å². The summed E-state index contributed by atoms with van der Waals surface area (Å²) in [7, 11) is -3.48. The van der Waals surface area contributed by atoms with Crippen molar-refractivity contribution >= 4 is 37.3 Å². The highest BCUT2D eigenvalue weighted by Crippen LogP contribution is 2.29. The van der Waals surface area contributed by atoms with Crippen LogP contribution in [0.1, 0.15) is 16.0 Å². The standard InChI is InChI=1S/C12H13BrN2O2S2/c1-8-3-4-14-6-10(8)7-15-19(16,17)11-5-12(13)18-9(11)2/h3-6,15H,7H2,1-2H3. The first-order chi connectivity index (χ1) is 8.90. The molecule has 0 amide bonds. The molecule has 0 atom stereocenters. The van der Waals surface area contributed by atoms with Gasteiger partial charge in [0.25, 0.3) is 0 Å². The molecule has 4 nitrogen and oxygen atoms in total. The SMILES string of the molecule is Cc1ccncc1CNS(=O)(=O)c1cc(Br)sc1C. The zero-order valence-electron chi connectivity index (χ0n) is 10.5. The Kier molecular flexibility index (Phi) is 4.39. The molecule has 0 radical (unpaired) electrons. The summed E-state index contributed by atoms with van der Waals surface area (Å²) in [6, 6.07) is 3.48. The van der Waals surface area contributed by atoms with Gasteiger partial charge in [-0.1, -0.05) is 0 Å². The lowest BCUT2D eigenvalue weighted by Crippen LogP contribution is -2.23. The highest BCUT2D eigenvalue weighted by molar-refractivity contribution is 9.11. The lowest BCUT2D eigenvalue weighted by molar-refractivity contribution is 0.581. The molecule has 2 aromatic heterocycles. The number of halogens is 1. The molecule has 2 rings (SSSR count). The predicted octanol–water partition coefficient (Wildman–Crippen LogP) is 3.00. The fraction of sp³-hybridized carbons (Fsp3) is 0.250. The van der Waals surface area contributed by atoms with Crippen molar-refractivity contribution in [3.8, 4) is 0 Å². The minimum Gasteiger partial charge on any atom is -0.264 e. The third kappa shape index (κ3) is 3.42. The Morgan fingerprint density at radius 3 is 2.74 bits per heavy atom. The zero-order valence-corrected chi connectivity index (χ0v) is 13.7. The summed E-state index contributed by atoms with van der Waals surface area (Å²) in [5.41, 5.74) is 1.89. The van der Waals surface area contributed by atoms with E-state index in [0.717, 1.165) is 19.8 Å². The molecule has 2 heterocycles. The van der Waals surface area contributed by atoms with E-state index >= 15 is 0 Å². The molecular formula is C12H13BrN2O2S2. The Balaban J connectivity index is 2.19. The van der Waals surface area contributed by atoms with Gasteiger partial charge in [0.2, 0.25) is 10.0 Å². The normalized spacial score (nSPS) is 11.7. The maximum Gasteiger partial charge on any atom is 0.242 e. The average molecular weight is 361 g/mol. The van der Waals surface area contributed by atoms with Crippen LogP contribution in [0.15, 0.2) is 33.2 Å². The van der Waals surface area contributed by atoms with E-state index < -0.39 is 10.0 Å². The van der Waals surface area contributed by atoms with Crippen molar-refractivity contribution in [2.45, 2.75) is 25.3 Å². The van der Waals surface area contributed by atoms with Gasteiger partial charge in [-0.2, -0.15) is 0 Å². The van der Waals surface area contributed by atoms with Crippen LogP contribution in [0.25, 0.3) is 0 Å². The number of nitrogens with one attached hydrogen (secondary N) is 1. The van der Waals surface area contributed by atoms with Crippen LogP contribution in [0.5, 0.6) is 0 Å². The second-order valence-electron chi connectivity index (χ2n) is 4.10. The van der Waals surface area contributed by atoms with Gasteiger partial charge in [0.15, 0.2) is 0 Å². The molecular weight excluding hydrogens is 348 g/mol. The highest BCUT2D eigenvalue weighted by Gasteiger charge is 2.19. The van der Waals surface area contributed by atoms with Crippen molar-refractivity contribution in [3.05, 3.63) is 44.3 Å². The Labute approximate surface area is 125 Å². The van der Waals surface area contributed by atoms with Crippen LogP contribution >= 0.6 is 27.3 Å². The number of sulfonamides is 1. The van der Waals surface area contributed by atoms with E-state index in [4.69, 9.17) is 0 Å². The van der Waals surface area contributed by atoms with Gasteiger partial charge in [0, 0.05) is 23.8 Å². The van der Waals surface area contributed by atoms with Crippen molar-refractivity contribution in [2.75, 3.05) is 0 Å². The maximum atomic E-state index is 12.2. The van der Waals surface area contributed by atoms with Crippen LogP contribution in [0.2, 0.25) is 0 Å². The van der Waals surface area contributed by atoms with E-state index in [1.165, 1.54) is 11.3 Å². The van der Waals surface area contributed by atoms with E-state index in [-0.39, 0.29) is 6.54 Å². The van der Waals surface area contributed by atoms with Gasteiger partial charge < -0.3 is 0 Å². The fourth-order valence-corrected chi connectivity index (χ4v) is 5.05. The Morgan fingerprint density at radius 1 is 1.42 bits per heavy atom. The largest absolute Gasteiger partial charge is 0.264 e. The average Bonchev–Trinajstić information content (AvgIpc) is 2.68. The lowest BCUT2D eigenvalue weighted by atomic mass is 10.2. The summed E-state index contributed by atoms with van der Waals surface area (Å²) in [5.74, 6) is 0. The van der Waals surface area contributed by atoms with Gasteiger partial charge >= 0.3 is 0 Å². The van der Waals surface area contributed by atoms with Crippen LogP contribution in [0.3, 0.4) is 0 Å². The van der Waals surface area contributed by atoms with Gasteiger partial charge in [-0.15, -0.1) is 11.3 Å². The molecule has 0 unspecified atom stereocenters. The molecule has 7 heteroatoms. The number of rotatable bonds is 4. The fourth-order valence-electron chi connectivity index (χ4n) is 1.63. The molecule has 0 aromatic carbocycles. The summed E-state index contributed by atoms with van der Waals surface area (Å²) in [6.45, 7) is 3.96. The molecule has 0 aliphatic carbocycles. The van der Waals surface area contributed by atoms with E-state index in [2.05, 4.69) is 25.6 Å². The minimum absolute atomic E-state index is 0.245. The van der Waals surface area contributed by atoms with Gasteiger partial charge in [-0.05, 0) is 53.0 Å². The minimum atomic E-state index is -3.48. The molecule has 19 heavy (non-hydrogen) atoms. The van der Waals surface area contributed by atoms with Gasteiger partial charge in [-0.3, -0.25) is 4.98 Å². The summed E-state index contributed by atoms with van der Waals surface area (Å²) in [4.78, 5) is 5.09. The number of hydrogen-bond acceptors (Lipinski definition) is 4.